The third-order valence-corrected chi connectivity index (χ3v) is 2.94. The van der Waals surface area contributed by atoms with Crippen LogP contribution in [0.3, 0.4) is 0 Å². The first-order valence-electron chi connectivity index (χ1n) is 6.95. The molecule has 0 saturated heterocycles. The second-order valence-corrected chi connectivity index (χ2v) is 4.68. The Balaban J connectivity index is 2.60. The summed E-state index contributed by atoms with van der Waals surface area (Å²) in [6.07, 6.45) is 0.0739. The molecule has 0 aliphatic heterocycles. The lowest BCUT2D eigenvalue weighted by atomic mass is 10.0. The van der Waals surface area contributed by atoms with Crippen LogP contribution in [0.1, 0.15) is 29.3 Å². The summed E-state index contributed by atoms with van der Waals surface area (Å²) in [4.78, 5) is 34.6. The van der Waals surface area contributed by atoms with Crippen LogP contribution >= 0.6 is 0 Å². The van der Waals surface area contributed by atoms with Crippen LogP contribution in [0.4, 0.5) is 0 Å². The lowest BCUT2D eigenvalue weighted by Gasteiger charge is -2.10. The smallest absolute Gasteiger partial charge is 0.310 e. The first-order valence-corrected chi connectivity index (χ1v) is 6.95. The summed E-state index contributed by atoms with van der Waals surface area (Å²) < 4.78 is 10.0. The van der Waals surface area contributed by atoms with Crippen molar-refractivity contribution in [3.63, 3.8) is 0 Å². The maximum atomic E-state index is 11.8. The van der Waals surface area contributed by atoms with Gasteiger partial charge >= 0.3 is 5.97 Å². The first kappa shape index (κ1) is 18.2. The number of esters is 1. The summed E-state index contributed by atoms with van der Waals surface area (Å²) >= 11 is 0. The summed E-state index contributed by atoms with van der Waals surface area (Å²) in [6.45, 7) is 1.22. The molecule has 1 aromatic carbocycles. The van der Waals surface area contributed by atoms with Gasteiger partial charge in [-0.15, -0.1) is 0 Å². The third-order valence-electron chi connectivity index (χ3n) is 2.94. The highest BCUT2D eigenvalue weighted by atomic mass is 16.5. The number of ketones is 1. The molecule has 23 heavy (non-hydrogen) atoms. The van der Waals surface area contributed by atoms with Gasteiger partial charge in [-0.2, -0.15) is 5.26 Å². The largest absolute Gasteiger partial charge is 0.496 e. The minimum atomic E-state index is -0.612. The van der Waals surface area contributed by atoms with Crippen molar-refractivity contribution < 1.29 is 23.9 Å². The molecule has 7 heteroatoms. The number of nitrogens with zero attached hydrogens (tertiary/aromatic N) is 1. The summed E-state index contributed by atoms with van der Waals surface area (Å²) in [5.41, 5.74) is 0.970. The Hall–Kier alpha value is -2.88. The van der Waals surface area contributed by atoms with Gasteiger partial charge in [-0.25, -0.2) is 0 Å². The van der Waals surface area contributed by atoms with Gasteiger partial charge in [0.15, 0.2) is 12.4 Å². The number of rotatable bonds is 8. The standard InChI is InChI=1S/C16H18N2O5/c1-11(19)12-4-5-14(22-2)13(8-12)9-16(21)23-10-15(20)18-7-3-6-17/h4-5,8H,3,7,9-10H2,1-2H3,(H,18,20). The highest BCUT2D eigenvalue weighted by molar-refractivity contribution is 5.94. The van der Waals surface area contributed by atoms with Crippen molar-refractivity contribution in [1.29, 1.82) is 5.26 Å². The average molecular weight is 318 g/mol. The molecule has 1 N–H and O–H groups in total. The van der Waals surface area contributed by atoms with Gasteiger partial charge in [0.1, 0.15) is 5.75 Å². The van der Waals surface area contributed by atoms with Crippen LogP contribution in [0.2, 0.25) is 0 Å². The maximum absolute atomic E-state index is 11.8. The molecule has 0 aromatic heterocycles. The van der Waals surface area contributed by atoms with E-state index in [2.05, 4.69) is 5.32 Å². The topological polar surface area (TPSA) is 105 Å². The Labute approximate surface area is 134 Å². The van der Waals surface area contributed by atoms with E-state index in [4.69, 9.17) is 14.7 Å². The third kappa shape index (κ3) is 6.18. The Morgan fingerprint density at radius 3 is 2.65 bits per heavy atom. The molecule has 0 unspecified atom stereocenters. The number of amides is 1. The van der Waals surface area contributed by atoms with E-state index in [0.717, 1.165) is 0 Å². The zero-order chi connectivity index (χ0) is 17.2. The van der Waals surface area contributed by atoms with Crippen molar-refractivity contribution >= 4 is 17.7 Å². The molecular formula is C16H18N2O5. The second-order valence-electron chi connectivity index (χ2n) is 4.68. The number of carbonyl (C=O) groups is 3. The Kier molecular flexibility index (Phi) is 7.27. The number of hydrogen-bond acceptors (Lipinski definition) is 6. The molecule has 0 radical (unpaired) electrons. The van der Waals surface area contributed by atoms with Crippen LogP contribution in [-0.2, 0) is 20.7 Å². The quantitative estimate of drug-likeness (QED) is 0.436. The fraction of sp³-hybridized carbons (Fsp3) is 0.375. The molecule has 1 amide bonds. The zero-order valence-corrected chi connectivity index (χ0v) is 13.0. The molecule has 0 saturated carbocycles. The fourth-order valence-corrected chi connectivity index (χ4v) is 1.80. The highest BCUT2D eigenvalue weighted by Gasteiger charge is 2.13. The Bertz CT molecular complexity index is 634. The lowest BCUT2D eigenvalue weighted by molar-refractivity contribution is -0.147. The van der Waals surface area contributed by atoms with Gasteiger partial charge in [0.05, 0.1) is 26.0 Å². The fourth-order valence-electron chi connectivity index (χ4n) is 1.80. The van der Waals surface area contributed by atoms with Crippen molar-refractivity contribution in [3.05, 3.63) is 29.3 Å². The Morgan fingerprint density at radius 2 is 2.04 bits per heavy atom. The average Bonchev–Trinajstić information content (AvgIpc) is 2.53. The molecule has 7 nitrogen and oxygen atoms in total. The number of ether oxygens (including phenoxy) is 2. The van der Waals surface area contributed by atoms with E-state index in [1.54, 1.807) is 18.2 Å². The summed E-state index contributed by atoms with van der Waals surface area (Å²) in [6, 6.07) is 6.66. The van der Waals surface area contributed by atoms with Gasteiger partial charge in [-0.05, 0) is 25.1 Å². The minimum absolute atomic E-state index is 0.115. The van der Waals surface area contributed by atoms with Crippen LogP contribution in [0, 0.1) is 11.3 Å². The van der Waals surface area contributed by atoms with E-state index in [1.165, 1.54) is 14.0 Å². The van der Waals surface area contributed by atoms with Crippen molar-refractivity contribution in [2.24, 2.45) is 0 Å². The van der Waals surface area contributed by atoms with Crippen LogP contribution in [-0.4, -0.2) is 37.9 Å². The van der Waals surface area contributed by atoms with Gasteiger partial charge in [0.2, 0.25) is 0 Å². The zero-order valence-electron chi connectivity index (χ0n) is 13.0. The number of Topliss-reactive ketones (excluding diaryl/α,β-unsaturated/α-hetero) is 1. The van der Waals surface area contributed by atoms with Gasteiger partial charge in [0.25, 0.3) is 5.91 Å². The van der Waals surface area contributed by atoms with Gasteiger partial charge in [-0.3, -0.25) is 14.4 Å². The number of benzene rings is 1. The molecule has 1 aromatic rings. The number of nitriles is 1. The minimum Gasteiger partial charge on any atom is -0.496 e. The van der Waals surface area contributed by atoms with E-state index in [-0.39, 0.29) is 25.2 Å². The van der Waals surface area contributed by atoms with Crippen LogP contribution in [0.15, 0.2) is 18.2 Å². The maximum Gasteiger partial charge on any atom is 0.310 e. The number of hydrogen-bond donors (Lipinski definition) is 1. The Morgan fingerprint density at radius 1 is 1.30 bits per heavy atom. The summed E-state index contributed by atoms with van der Waals surface area (Å²) in [5, 5.41) is 10.8. The highest BCUT2D eigenvalue weighted by Crippen LogP contribution is 2.21. The monoisotopic (exact) mass is 318 g/mol. The molecule has 0 aliphatic rings. The molecule has 122 valence electrons. The van der Waals surface area contributed by atoms with Crippen molar-refractivity contribution in [2.45, 2.75) is 19.8 Å². The first-order chi connectivity index (χ1) is 11.0. The van der Waals surface area contributed by atoms with Gasteiger partial charge < -0.3 is 14.8 Å². The predicted molar refractivity (Wildman–Crippen MR) is 80.9 cm³/mol. The van der Waals surface area contributed by atoms with Crippen molar-refractivity contribution in [3.8, 4) is 11.8 Å². The number of nitrogens with one attached hydrogen (secondary N) is 1. The van der Waals surface area contributed by atoms with E-state index >= 15 is 0 Å². The predicted octanol–water partition coefficient (Wildman–Crippen LogP) is 1.01. The van der Waals surface area contributed by atoms with E-state index in [9.17, 15) is 14.4 Å². The van der Waals surface area contributed by atoms with E-state index in [0.29, 0.717) is 16.9 Å². The van der Waals surface area contributed by atoms with Gasteiger partial charge in [-0.1, -0.05) is 0 Å². The molecule has 0 spiro atoms. The molecule has 0 fully saturated rings. The molecular weight excluding hydrogens is 300 g/mol. The molecule has 1 rings (SSSR count). The van der Waals surface area contributed by atoms with Crippen LogP contribution in [0.25, 0.3) is 0 Å². The SMILES string of the molecule is COc1ccc(C(C)=O)cc1CC(=O)OCC(=O)NCCC#N. The summed E-state index contributed by atoms with van der Waals surface area (Å²) in [7, 11) is 1.46. The molecule has 0 atom stereocenters. The summed E-state index contributed by atoms with van der Waals surface area (Å²) in [5.74, 6) is -0.748. The normalized spacial score (nSPS) is 9.61. The van der Waals surface area contributed by atoms with Gasteiger partial charge in [0, 0.05) is 17.7 Å². The van der Waals surface area contributed by atoms with Crippen molar-refractivity contribution in [2.75, 3.05) is 20.3 Å². The number of carbonyl (C=O) groups excluding carboxylic acids is 3. The number of methoxy groups -OCH3 is 1. The van der Waals surface area contributed by atoms with E-state index < -0.39 is 18.5 Å². The lowest BCUT2D eigenvalue weighted by Crippen LogP contribution is -2.29. The molecule has 0 aliphatic carbocycles. The molecule has 0 heterocycles. The van der Waals surface area contributed by atoms with Crippen molar-refractivity contribution in [1.82, 2.24) is 5.32 Å². The van der Waals surface area contributed by atoms with Crippen LogP contribution < -0.4 is 10.1 Å². The second kappa shape index (κ2) is 9.20. The molecule has 0 bridgehead atoms. The van der Waals surface area contributed by atoms with E-state index in [1.807, 2.05) is 6.07 Å². The van der Waals surface area contributed by atoms with Crippen LogP contribution in [0.5, 0.6) is 5.75 Å².